The van der Waals surface area contributed by atoms with E-state index in [9.17, 15) is 9.90 Å². The second kappa shape index (κ2) is 6.17. The van der Waals surface area contributed by atoms with E-state index in [0.29, 0.717) is 18.7 Å². The van der Waals surface area contributed by atoms with Gasteiger partial charge in [0.1, 0.15) is 0 Å². The highest BCUT2D eigenvalue weighted by molar-refractivity contribution is 5.91. The normalized spacial score (nSPS) is 19.4. The molecular formula is C15H16N2O2. The molecule has 1 aromatic carbocycles. The summed E-state index contributed by atoms with van der Waals surface area (Å²) in [5, 5.41) is 18.2. The van der Waals surface area contributed by atoms with Crippen molar-refractivity contribution in [3.05, 3.63) is 41.5 Å². The van der Waals surface area contributed by atoms with Crippen LogP contribution in [-0.2, 0) is 4.79 Å². The average Bonchev–Trinajstić information content (AvgIpc) is 2.45. The molecule has 4 heteroatoms. The molecule has 2 rings (SSSR count). The molecule has 1 heterocycles. The third-order valence-corrected chi connectivity index (χ3v) is 3.17. The number of hydrogen-bond acceptors (Lipinski definition) is 3. The number of hydrogen-bond donors (Lipinski definition) is 1. The number of aliphatic hydroxyl groups is 1. The first-order valence-corrected chi connectivity index (χ1v) is 6.34. The number of nitriles is 1. The molecule has 1 aromatic rings. The van der Waals surface area contributed by atoms with Crippen molar-refractivity contribution in [2.45, 2.75) is 18.9 Å². The first-order valence-electron chi connectivity index (χ1n) is 6.34. The summed E-state index contributed by atoms with van der Waals surface area (Å²) >= 11 is 0. The van der Waals surface area contributed by atoms with Crippen LogP contribution in [0.5, 0.6) is 0 Å². The number of likely N-dealkylation sites (tertiary alicyclic amines) is 1. The van der Waals surface area contributed by atoms with Gasteiger partial charge >= 0.3 is 0 Å². The van der Waals surface area contributed by atoms with E-state index in [-0.39, 0.29) is 5.91 Å². The smallest absolute Gasteiger partial charge is 0.246 e. The number of carbonyl (C=O) groups is 1. The van der Waals surface area contributed by atoms with Crippen molar-refractivity contribution in [1.82, 2.24) is 4.90 Å². The summed E-state index contributed by atoms with van der Waals surface area (Å²) in [7, 11) is 0. The highest BCUT2D eigenvalue weighted by Crippen LogP contribution is 2.11. The fourth-order valence-corrected chi connectivity index (χ4v) is 2.10. The van der Waals surface area contributed by atoms with Gasteiger partial charge in [-0.25, -0.2) is 0 Å². The molecule has 4 nitrogen and oxygen atoms in total. The Balaban J connectivity index is 1.97. The van der Waals surface area contributed by atoms with Crippen molar-refractivity contribution in [3.8, 4) is 6.07 Å². The zero-order chi connectivity index (χ0) is 13.7. The number of aliphatic hydroxyl groups excluding tert-OH is 1. The molecule has 19 heavy (non-hydrogen) atoms. The minimum absolute atomic E-state index is 0.0805. The third-order valence-electron chi connectivity index (χ3n) is 3.17. The van der Waals surface area contributed by atoms with Gasteiger partial charge in [0.2, 0.25) is 5.91 Å². The number of amides is 1. The molecule has 0 aliphatic carbocycles. The summed E-state index contributed by atoms with van der Waals surface area (Å²) in [6.45, 7) is 1.12. The summed E-state index contributed by atoms with van der Waals surface area (Å²) in [6, 6.07) is 9.08. The second-order valence-electron chi connectivity index (χ2n) is 4.65. The molecular weight excluding hydrogens is 240 g/mol. The molecule has 0 aromatic heterocycles. The van der Waals surface area contributed by atoms with Gasteiger partial charge < -0.3 is 10.0 Å². The van der Waals surface area contributed by atoms with Crippen LogP contribution in [0, 0.1) is 11.3 Å². The molecule has 0 bridgehead atoms. The zero-order valence-corrected chi connectivity index (χ0v) is 10.6. The zero-order valence-electron chi connectivity index (χ0n) is 10.6. The molecule has 1 unspecified atom stereocenters. The molecule has 1 fully saturated rings. The number of nitrogens with zero attached hydrogens (tertiary/aromatic N) is 2. The highest BCUT2D eigenvalue weighted by atomic mass is 16.3. The quantitative estimate of drug-likeness (QED) is 0.817. The summed E-state index contributed by atoms with van der Waals surface area (Å²) in [5.74, 6) is -0.0805. The average molecular weight is 256 g/mol. The highest BCUT2D eigenvalue weighted by Gasteiger charge is 2.20. The molecule has 98 valence electrons. The SMILES string of the molecule is N#Cc1ccc(/C=C/C(=O)N2CCCC(O)C2)cc1. The van der Waals surface area contributed by atoms with Gasteiger partial charge in [0, 0.05) is 19.2 Å². The van der Waals surface area contributed by atoms with Gasteiger partial charge in [0.05, 0.1) is 17.7 Å². The molecule has 1 atom stereocenters. The summed E-state index contributed by atoms with van der Waals surface area (Å²) in [4.78, 5) is 13.6. The monoisotopic (exact) mass is 256 g/mol. The van der Waals surface area contributed by atoms with Crippen molar-refractivity contribution in [3.63, 3.8) is 0 Å². The maximum atomic E-state index is 11.9. The van der Waals surface area contributed by atoms with Crippen molar-refractivity contribution in [2.24, 2.45) is 0 Å². The molecule has 1 saturated heterocycles. The molecule has 0 saturated carbocycles. The number of benzene rings is 1. The van der Waals surface area contributed by atoms with E-state index in [1.165, 1.54) is 6.08 Å². The molecule has 1 N–H and O–H groups in total. The number of carbonyl (C=O) groups excluding carboxylic acids is 1. The van der Waals surface area contributed by atoms with Gasteiger partial charge in [-0.1, -0.05) is 12.1 Å². The topological polar surface area (TPSA) is 64.3 Å². The first kappa shape index (κ1) is 13.3. The minimum Gasteiger partial charge on any atom is -0.391 e. The van der Waals surface area contributed by atoms with E-state index in [2.05, 4.69) is 0 Å². The van der Waals surface area contributed by atoms with Crippen LogP contribution < -0.4 is 0 Å². The summed E-state index contributed by atoms with van der Waals surface area (Å²) < 4.78 is 0. The van der Waals surface area contributed by atoms with Crippen LogP contribution in [0.3, 0.4) is 0 Å². The third kappa shape index (κ3) is 3.67. The van der Waals surface area contributed by atoms with Gasteiger partial charge in [0.25, 0.3) is 0 Å². The Labute approximate surface area is 112 Å². The van der Waals surface area contributed by atoms with Crippen LogP contribution in [0.2, 0.25) is 0 Å². The molecule has 0 radical (unpaired) electrons. The van der Waals surface area contributed by atoms with Gasteiger partial charge in [0.15, 0.2) is 0 Å². The van der Waals surface area contributed by atoms with E-state index in [4.69, 9.17) is 5.26 Å². The molecule has 1 aliphatic heterocycles. The largest absolute Gasteiger partial charge is 0.391 e. The van der Waals surface area contributed by atoms with Crippen molar-refractivity contribution < 1.29 is 9.90 Å². The fraction of sp³-hybridized carbons (Fsp3) is 0.333. The Morgan fingerprint density at radius 2 is 2.16 bits per heavy atom. The number of β-amino-alcohol motifs (C(OH)–C–C–N with tert-alkyl or cyclic N) is 1. The van der Waals surface area contributed by atoms with E-state index < -0.39 is 6.10 Å². The van der Waals surface area contributed by atoms with E-state index >= 15 is 0 Å². The number of rotatable bonds is 2. The Morgan fingerprint density at radius 1 is 1.42 bits per heavy atom. The molecule has 0 spiro atoms. The molecule has 1 amide bonds. The van der Waals surface area contributed by atoms with Crippen LogP contribution in [0.1, 0.15) is 24.0 Å². The summed E-state index contributed by atoms with van der Waals surface area (Å²) in [5.41, 5.74) is 1.48. The van der Waals surface area contributed by atoms with Crippen molar-refractivity contribution in [2.75, 3.05) is 13.1 Å². The standard InChI is InChI=1S/C15H16N2O2/c16-10-13-5-3-12(4-6-13)7-8-15(19)17-9-1-2-14(18)11-17/h3-8,14,18H,1-2,9,11H2/b8-7+. The lowest BCUT2D eigenvalue weighted by Gasteiger charge is -2.29. The lowest BCUT2D eigenvalue weighted by atomic mass is 10.1. The van der Waals surface area contributed by atoms with E-state index in [1.54, 1.807) is 35.2 Å². The van der Waals surface area contributed by atoms with Crippen LogP contribution in [0.4, 0.5) is 0 Å². The predicted molar refractivity (Wildman–Crippen MR) is 72.0 cm³/mol. The van der Waals surface area contributed by atoms with E-state index in [1.807, 2.05) is 6.07 Å². The number of piperidine rings is 1. The maximum Gasteiger partial charge on any atom is 0.246 e. The van der Waals surface area contributed by atoms with Crippen LogP contribution in [0.15, 0.2) is 30.3 Å². The Bertz CT molecular complexity index is 514. The van der Waals surface area contributed by atoms with Gasteiger partial charge in [-0.3, -0.25) is 4.79 Å². The van der Waals surface area contributed by atoms with Gasteiger partial charge in [-0.15, -0.1) is 0 Å². The minimum atomic E-state index is -0.402. The molecule has 1 aliphatic rings. The maximum absolute atomic E-state index is 11.9. The predicted octanol–water partition coefficient (Wildman–Crippen LogP) is 1.55. The van der Waals surface area contributed by atoms with Crippen LogP contribution in [0.25, 0.3) is 6.08 Å². The Kier molecular flexibility index (Phi) is 4.32. The van der Waals surface area contributed by atoms with Crippen molar-refractivity contribution >= 4 is 12.0 Å². The Hall–Kier alpha value is -2.12. The van der Waals surface area contributed by atoms with Crippen LogP contribution in [-0.4, -0.2) is 35.1 Å². The van der Waals surface area contributed by atoms with Crippen molar-refractivity contribution in [1.29, 1.82) is 5.26 Å². The van der Waals surface area contributed by atoms with E-state index in [0.717, 1.165) is 18.4 Å². The lowest BCUT2D eigenvalue weighted by molar-refractivity contribution is -0.128. The lowest BCUT2D eigenvalue weighted by Crippen LogP contribution is -2.41. The van der Waals surface area contributed by atoms with Crippen LogP contribution >= 0.6 is 0 Å². The fourth-order valence-electron chi connectivity index (χ4n) is 2.10. The van der Waals surface area contributed by atoms with Gasteiger partial charge in [-0.2, -0.15) is 5.26 Å². The van der Waals surface area contributed by atoms with Gasteiger partial charge in [-0.05, 0) is 36.6 Å². The summed E-state index contributed by atoms with van der Waals surface area (Å²) in [6.07, 6.45) is 4.45. The first-order chi connectivity index (χ1) is 9.19. The second-order valence-corrected chi connectivity index (χ2v) is 4.65. The Morgan fingerprint density at radius 3 is 2.79 bits per heavy atom.